The van der Waals surface area contributed by atoms with Crippen LogP contribution in [0.3, 0.4) is 0 Å². The number of nitrogens with one attached hydrogen (secondary N) is 2. The van der Waals surface area contributed by atoms with E-state index in [9.17, 15) is 0 Å². The lowest BCUT2D eigenvalue weighted by Crippen LogP contribution is -2.37. The molecule has 1 saturated heterocycles. The molecule has 0 saturated carbocycles. The van der Waals surface area contributed by atoms with Gasteiger partial charge in [-0.25, -0.2) is 0 Å². The van der Waals surface area contributed by atoms with Gasteiger partial charge in [0.15, 0.2) is 0 Å². The average Bonchev–Trinajstić information content (AvgIpc) is 2.71. The van der Waals surface area contributed by atoms with Crippen molar-refractivity contribution in [2.24, 2.45) is 0 Å². The van der Waals surface area contributed by atoms with E-state index in [0.29, 0.717) is 6.04 Å². The Morgan fingerprint density at radius 3 is 2.90 bits per heavy atom. The standard InChI is InChI=1S/C17H27N3/c1-4-11-20(12-5-1)13-10-19-17-8-9-18-14-15-6-2-3-7-16(15)17/h2-3,6-7,17-19H,1,4-5,8-14H2. The van der Waals surface area contributed by atoms with Gasteiger partial charge in [-0.1, -0.05) is 30.7 Å². The van der Waals surface area contributed by atoms with E-state index >= 15 is 0 Å². The summed E-state index contributed by atoms with van der Waals surface area (Å²) in [5, 5.41) is 7.31. The fourth-order valence-electron chi connectivity index (χ4n) is 3.45. The molecule has 1 aromatic carbocycles. The maximum Gasteiger partial charge on any atom is 0.0336 e. The predicted octanol–water partition coefficient (Wildman–Crippen LogP) is 2.30. The molecule has 1 unspecified atom stereocenters. The molecule has 3 rings (SSSR count). The number of benzene rings is 1. The minimum Gasteiger partial charge on any atom is -0.313 e. The van der Waals surface area contributed by atoms with E-state index in [1.54, 1.807) is 0 Å². The predicted molar refractivity (Wildman–Crippen MR) is 83.8 cm³/mol. The highest BCUT2D eigenvalue weighted by atomic mass is 15.1. The lowest BCUT2D eigenvalue weighted by molar-refractivity contribution is 0.226. The Hall–Kier alpha value is -0.900. The normalized spacial score (nSPS) is 24.1. The number of likely N-dealkylation sites (tertiary alicyclic amines) is 1. The van der Waals surface area contributed by atoms with E-state index in [-0.39, 0.29) is 0 Å². The molecule has 1 atom stereocenters. The molecule has 0 aromatic heterocycles. The van der Waals surface area contributed by atoms with Gasteiger partial charge in [-0.2, -0.15) is 0 Å². The van der Waals surface area contributed by atoms with E-state index in [1.165, 1.54) is 56.4 Å². The van der Waals surface area contributed by atoms with Crippen molar-refractivity contribution in [1.29, 1.82) is 0 Å². The van der Waals surface area contributed by atoms with Crippen LogP contribution in [-0.2, 0) is 6.54 Å². The first-order chi connectivity index (χ1) is 9.93. The van der Waals surface area contributed by atoms with Crippen LogP contribution in [-0.4, -0.2) is 37.6 Å². The van der Waals surface area contributed by atoms with Crippen LogP contribution in [0.2, 0.25) is 0 Å². The highest BCUT2D eigenvalue weighted by molar-refractivity contribution is 5.30. The first-order valence-electron chi connectivity index (χ1n) is 8.18. The van der Waals surface area contributed by atoms with Crippen molar-refractivity contribution < 1.29 is 0 Å². The third kappa shape index (κ3) is 3.60. The molecule has 2 heterocycles. The number of nitrogens with zero attached hydrogens (tertiary/aromatic N) is 1. The van der Waals surface area contributed by atoms with Crippen LogP contribution in [0.4, 0.5) is 0 Å². The van der Waals surface area contributed by atoms with Gasteiger partial charge >= 0.3 is 0 Å². The highest BCUT2D eigenvalue weighted by Gasteiger charge is 2.17. The summed E-state index contributed by atoms with van der Waals surface area (Å²) in [7, 11) is 0. The topological polar surface area (TPSA) is 27.3 Å². The largest absolute Gasteiger partial charge is 0.313 e. The molecular formula is C17H27N3. The Morgan fingerprint density at radius 1 is 1.15 bits per heavy atom. The number of piperidine rings is 1. The van der Waals surface area contributed by atoms with Crippen molar-refractivity contribution in [3.05, 3.63) is 35.4 Å². The maximum absolute atomic E-state index is 3.78. The zero-order valence-corrected chi connectivity index (χ0v) is 12.4. The molecule has 2 aliphatic heterocycles. The van der Waals surface area contributed by atoms with Crippen LogP contribution in [0.1, 0.15) is 42.9 Å². The molecule has 2 N–H and O–H groups in total. The van der Waals surface area contributed by atoms with Gasteiger partial charge in [-0.05, 0) is 50.0 Å². The van der Waals surface area contributed by atoms with Crippen LogP contribution in [0.25, 0.3) is 0 Å². The third-order valence-electron chi connectivity index (χ3n) is 4.62. The van der Waals surface area contributed by atoms with E-state index in [1.807, 2.05) is 0 Å². The zero-order valence-electron chi connectivity index (χ0n) is 12.4. The summed E-state index contributed by atoms with van der Waals surface area (Å²) in [6, 6.07) is 9.39. The molecule has 0 radical (unpaired) electrons. The zero-order chi connectivity index (χ0) is 13.6. The van der Waals surface area contributed by atoms with Crippen molar-refractivity contribution in [2.75, 3.05) is 32.7 Å². The van der Waals surface area contributed by atoms with Crippen LogP contribution in [0.5, 0.6) is 0 Å². The smallest absolute Gasteiger partial charge is 0.0336 e. The third-order valence-corrected chi connectivity index (χ3v) is 4.62. The van der Waals surface area contributed by atoms with Gasteiger partial charge < -0.3 is 15.5 Å². The van der Waals surface area contributed by atoms with Gasteiger partial charge in [0.2, 0.25) is 0 Å². The lowest BCUT2D eigenvalue weighted by Gasteiger charge is -2.27. The molecule has 0 aliphatic carbocycles. The van der Waals surface area contributed by atoms with Gasteiger partial charge in [-0.15, -0.1) is 0 Å². The van der Waals surface area contributed by atoms with Crippen molar-refractivity contribution in [3.8, 4) is 0 Å². The van der Waals surface area contributed by atoms with Gasteiger partial charge in [0, 0.05) is 25.7 Å². The molecule has 1 fully saturated rings. The monoisotopic (exact) mass is 273 g/mol. The fraction of sp³-hybridized carbons (Fsp3) is 0.647. The number of hydrogen-bond donors (Lipinski definition) is 2. The minimum atomic E-state index is 0.519. The minimum absolute atomic E-state index is 0.519. The van der Waals surface area contributed by atoms with Crippen molar-refractivity contribution in [2.45, 2.75) is 38.3 Å². The van der Waals surface area contributed by atoms with Crippen molar-refractivity contribution in [3.63, 3.8) is 0 Å². The molecule has 0 bridgehead atoms. The molecule has 20 heavy (non-hydrogen) atoms. The van der Waals surface area contributed by atoms with Gasteiger partial charge in [-0.3, -0.25) is 0 Å². The second-order valence-electron chi connectivity index (χ2n) is 6.07. The second-order valence-corrected chi connectivity index (χ2v) is 6.07. The lowest BCUT2D eigenvalue weighted by atomic mass is 9.99. The molecule has 2 aliphatic rings. The summed E-state index contributed by atoms with van der Waals surface area (Å²) in [6.07, 6.45) is 5.38. The van der Waals surface area contributed by atoms with Crippen molar-refractivity contribution in [1.82, 2.24) is 15.5 Å². The van der Waals surface area contributed by atoms with Crippen molar-refractivity contribution >= 4 is 0 Å². The fourth-order valence-corrected chi connectivity index (χ4v) is 3.45. The average molecular weight is 273 g/mol. The van der Waals surface area contributed by atoms with Gasteiger partial charge in [0.05, 0.1) is 0 Å². The summed E-state index contributed by atoms with van der Waals surface area (Å²) in [5.74, 6) is 0. The second kappa shape index (κ2) is 7.21. The summed E-state index contributed by atoms with van der Waals surface area (Å²) < 4.78 is 0. The Bertz CT molecular complexity index is 412. The Kier molecular flexibility index (Phi) is 5.06. The molecular weight excluding hydrogens is 246 g/mol. The molecule has 3 nitrogen and oxygen atoms in total. The first kappa shape index (κ1) is 14.1. The maximum atomic E-state index is 3.78. The molecule has 3 heteroatoms. The van der Waals surface area contributed by atoms with Crippen LogP contribution in [0.15, 0.2) is 24.3 Å². The first-order valence-corrected chi connectivity index (χ1v) is 8.18. The van der Waals surface area contributed by atoms with Gasteiger partial charge in [0.25, 0.3) is 0 Å². The Morgan fingerprint density at radius 2 is 2.00 bits per heavy atom. The van der Waals surface area contributed by atoms with E-state index in [2.05, 4.69) is 39.8 Å². The molecule has 0 spiro atoms. The highest BCUT2D eigenvalue weighted by Crippen LogP contribution is 2.23. The number of hydrogen-bond acceptors (Lipinski definition) is 3. The number of fused-ring (bicyclic) bond motifs is 1. The summed E-state index contributed by atoms with van der Waals surface area (Å²) >= 11 is 0. The number of rotatable bonds is 4. The van der Waals surface area contributed by atoms with Crippen LogP contribution < -0.4 is 10.6 Å². The van der Waals surface area contributed by atoms with E-state index < -0.39 is 0 Å². The van der Waals surface area contributed by atoms with E-state index in [0.717, 1.165) is 19.6 Å². The Labute approximate surface area is 122 Å². The SMILES string of the molecule is c1ccc2c(c1)CNCCC2NCCN1CCCCC1. The quantitative estimate of drug-likeness (QED) is 0.881. The van der Waals surface area contributed by atoms with Crippen LogP contribution >= 0.6 is 0 Å². The molecule has 110 valence electrons. The summed E-state index contributed by atoms with van der Waals surface area (Å²) in [4.78, 5) is 2.61. The summed E-state index contributed by atoms with van der Waals surface area (Å²) in [5.41, 5.74) is 2.96. The molecule has 1 aromatic rings. The van der Waals surface area contributed by atoms with Crippen LogP contribution in [0, 0.1) is 0 Å². The van der Waals surface area contributed by atoms with Gasteiger partial charge in [0.1, 0.15) is 0 Å². The Balaban J connectivity index is 1.54. The summed E-state index contributed by atoms with van der Waals surface area (Å²) in [6.45, 7) is 7.02. The molecule has 0 amide bonds. The van der Waals surface area contributed by atoms with E-state index in [4.69, 9.17) is 0 Å².